The van der Waals surface area contributed by atoms with Gasteiger partial charge in [-0.2, -0.15) is 0 Å². The third-order valence-corrected chi connectivity index (χ3v) is 6.75. The summed E-state index contributed by atoms with van der Waals surface area (Å²) in [6.45, 7) is 6.52. The van der Waals surface area contributed by atoms with Gasteiger partial charge in [-0.1, -0.05) is 19.4 Å². The zero-order valence-corrected chi connectivity index (χ0v) is 15.5. The van der Waals surface area contributed by atoms with Gasteiger partial charge in [0.25, 0.3) is 0 Å². The molecule has 2 N–H and O–H groups in total. The Morgan fingerprint density at radius 3 is 2.92 bits per heavy atom. The number of ether oxygens (including phenoxy) is 1. The molecule has 3 unspecified atom stereocenters. The molecule has 1 aliphatic heterocycles. The summed E-state index contributed by atoms with van der Waals surface area (Å²) in [7, 11) is 1.97. The molecule has 26 heavy (non-hydrogen) atoms. The number of benzene rings is 1. The Bertz CT molecular complexity index is 776. The highest BCUT2D eigenvalue weighted by Crippen LogP contribution is 2.62. The van der Waals surface area contributed by atoms with Crippen molar-refractivity contribution in [1.29, 1.82) is 0 Å². The number of aromatic hydroxyl groups is 1. The quantitative estimate of drug-likeness (QED) is 0.792. The number of nitrogens with zero attached hydrogens (tertiary/aromatic N) is 1. The third kappa shape index (κ3) is 1.96. The largest absolute Gasteiger partial charge is 0.508 e. The molecule has 1 aromatic carbocycles. The standard InChI is InChI=1S/C21H27NO4/c1-4-9-20-18-13-12-17(22(3)11-5-2)21(20,25)10-8-15(24)19(20)26-16(18)7-6-14(13)23/h5-7,17,19,23,25H,2,4,8-12H2,1,3H3/t17?,19?,20-,21?/m0/s1. The number of hydrogen-bond acceptors (Lipinski definition) is 5. The van der Waals surface area contributed by atoms with Crippen molar-refractivity contribution in [2.24, 2.45) is 0 Å². The van der Waals surface area contributed by atoms with Crippen LogP contribution < -0.4 is 4.74 Å². The maximum absolute atomic E-state index is 12.8. The maximum Gasteiger partial charge on any atom is 0.174 e. The summed E-state index contributed by atoms with van der Waals surface area (Å²) in [5, 5.41) is 22.7. The van der Waals surface area contributed by atoms with Gasteiger partial charge in [0.2, 0.25) is 0 Å². The Labute approximate surface area is 154 Å². The van der Waals surface area contributed by atoms with E-state index in [1.165, 1.54) is 0 Å². The molecule has 5 heteroatoms. The molecule has 2 aliphatic carbocycles. The van der Waals surface area contributed by atoms with Crippen LogP contribution >= 0.6 is 0 Å². The van der Waals surface area contributed by atoms with E-state index in [0.717, 1.165) is 17.5 Å². The highest BCUT2D eigenvalue weighted by atomic mass is 16.5. The number of carbonyl (C=O) groups is 1. The number of rotatable bonds is 5. The number of ketones is 1. The number of phenols is 1. The summed E-state index contributed by atoms with van der Waals surface area (Å²) in [6.07, 6.45) is 3.90. The van der Waals surface area contributed by atoms with Gasteiger partial charge in [0.05, 0.1) is 11.0 Å². The number of Topliss-reactive ketones (excluding diaryl/α,β-unsaturated/α-hetero) is 1. The number of aliphatic hydroxyl groups is 1. The van der Waals surface area contributed by atoms with E-state index < -0.39 is 17.1 Å². The van der Waals surface area contributed by atoms with E-state index >= 15 is 0 Å². The average molecular weight is 357 g/mol. The Morgan fingerprint density at radius 1 is 1.46 bits per heavy atom. The predicted octanol–water partition coefficient (Wildman–Crippen LogP) is 2.33. The second-order valence-electron chi connectivity index (χ2n) is 7.99. The Hall–Kier alpha value is -1.85. The third-order valence-electron chi connectivity index (χ3n) is 6.75. The Morgan fingerprint density at radius 2 is 2.23 bits per heavy atom. The van der Waals surface area contributed by atoms with Gasteiger partial charge < -0.3 is 14.9 Å². The number of phenolic OH excluding ortho intramolecular Hbond substituents is 1. The zero-order chi connectivity index (χ0) is 18.7. The molecule has 3 aliphatic rings. The summed E-state index contributed by atoms with van der Waals surface area (Å²) in [4.78, 5) is 14.9. The van der Waals surface area contributed by atoms with Crippen molar-refractivity contribution in [2.45, 2.75) is 62.2 Å². The van der Waals surface area contributed by atoms with Crippen LogP contribution in [0.15, 0.2) is 24.8 Å². The Balaban J connectivity index is 2.00. The second-order valence-corrected chi connectivity index (χ2v) is 7.99. The summed E-state index contributed by atoms with van der Waals surface area (Å²) in [5.74, 6) is 0.923. The van der Waals surface area contributed by atoms with Gasteiger partial charge in [0.1, 0.15) is 11.5 Å². The summed E-state index contributed by atoms with van der Waals surface area (Å²) in [5.41, 5.74) is -0.189. The molecule has 0 bridgehead atoms. The molecule has 0 saturated heterocycles. The SMILES string of the molecule is C=CCN(C)C1Cc2c(O)ccc3c2[C@@]2(CCC)C(O3)C(=O)CCC12O. The van der Waals surface area contributed by atoms with Crippen LogP contribution in [0.2, 0.25) is 0 Å². The van der Waals surface area contributed by atoms with Crippen LogP contribution in [0.5, 0.6) is 11.5 Å². The lowest BCUT2D eigenvalue weighted by molar-refractivity contribution is -0.169. The highest BCUT2D eigenvalue weighted by Gasteiger charge is 2.70. The molecule has 1 fully saturated rings. The minimum absolute atomic E-state index is 0.0526. The molecule has 0 radical (unpaired) electrons. The normalized spacial score (nSPS) is 34.5. The van der Waals surface area contributed by atoms with Crippen LogP contribution in [0.1, 0.15) is 43.7 Å². The smallest absolute Gasteiger partial charge is 0.174 e. The first kappa shape index (κ1) is 17.6. The van der Waals surface area contributed by atoms with Gasteiger partial charge in [-0.3, -0.25) is 9.69 Å². The van der Waals surface area contributed by atoms with Crippen molar-refractivity contribution in [1.82, 2.24) is 4.90 Å². The Kier molecular flexibility index (Phi) is 3.93. The maximum atomic E-state index is 12.8. The predicted molar refractivity (Wildman–Crippen MR) is 98.6 cm³/mol. The lowest BCUT2D eigenvalue weighted by atomic mass is 9.50. The summed E-state index contributed by atoms with van der Waals surface area (Å²) < 4.78 is 6.12. The fourth-order valence-electron chi connectivity index (χ4n) is 5.76. The van der Waals surface area contributed by atoms with E-state index in [4.69, 9.17) is 4.74 Å². The number of likely N-dealkylation sites (N-methyl/N-ethyl adjacent to an activating group) is 1. The van der Waals surface area contributed by atoms with Crippen LogP contribution in [-0.2, 0) is 16.6 Å². The topological polar surface area (TPSA) is 70.0 Å². The first-order valence-corrected chi connectivity index (χ1v) is 9.49. The van der Waals surface area contributed by atoms with Crippen LogP contribution in [0.25, 0.3) is 0 Å². The summed E-state index contributed by atoms with van der Waals surface area (Å²) >= 11 is 0. The molecule has 5 nitrogen and oxygen atoms in total. The lowest BCUT2D eigenvalue weighted by Crippen LogP contribution is -2.72. The summed E-state index contributed by atoms with van der Waals surface area (Å²) in [6, 6.07) is 3.17. The van der Waals surface area contributed by atoms with Gasteiger partial charge in [-0.25, -0.2) is 0 Å². The molecule has 1 saturated carbocycles. The van der Waals surface area contributed by atoms with E-state index in [2.05, 4.69) is 18.4 Å². The molecule has 1 aromatic rings. The molecule has 4 rings (SSSR count). The molecule has 140 valence electrons. The van der Waals surface area contributed by atoms with Gasteiger partial charge in [-0.05, 0) is 38.4 Å². The first-order chi connectivity index (χ1) is 12.4. The monoisotopic (exact) mass is 357 g/mol. The molecule has 4 atom stereocenters. The van der Waals surface area contributed by atoms with Crippen LogP contribution in [-0.4, -0.2) is 52.2 Å². The van der Waals surface area contributed by atoms with Gasteiger partial charge in [0, 0.05) is 30.1 Å². The molecule has 0 aromatic heterocycles. The fourth-order valence-corrected chi connectivity index (χ4v) is 5.76. The van der Waals surface area contributed by atoms with E-state index in [1.807, 2.05) is 13.1 Å². The van der Waals surface area contributed by atoms with Gasteiger partial charge in [-0.15, -0.1) is 6.58 Å². The van der Waals surface area contributed by atoms with E-state index in [9.17, 15) is 15.0 Å². The van der Waals surface area contributed by atoms with Crippen molar-refractivity contribution >= 4 is 5.78 Å². The second kappa shape index (κ2) is 5.83. The zero-order valence-electron chi connectivity index (χ0n) is 15.5. The molecular weight excluding hydrogens is 330 g/mol. The van der Waals surface area contributed by atoms with Crippen LogP contribution in [0.3, 0.4) is 0 Å². The van der Waals surface area contributed by atoms with E-state index in [1.54, 1.807) is 12.1 Å². The van der Waals surface area contributed by atoms with Crippen LogP contribution in [0, 0.1) is 0 Å². The lowest BCUT2D eigenvalue weighted by Gasteiger charge is -2.58. The van der Waals surface area contributed by atoms with Gasteiger partial charge in [0.15, 0.2) is 11.9 Å². The number of carbonyl (C=O) groups excluding carboxylic acids is 1. The van der Waals surface area contributed by atoms with Gasteiger partial charge >= 0.3 is 0 Å². The highest BCUT2D eigenvalue weighted by molar-refractivity contribution is 5.89. The molecule has 1 heterocycles. The minimum atomic E-state index is -1.08. The van der Waals surface area contributed by atoms with Crippen molar-refractivity contribution in [3.8, 4) is 11.5 Å². The van der Waals surface area contributed by atoms with Crippen molar-refractivity contribution in [3.05, 3.63) is 35.9 Å². The van der Waals surface area contributed by atoms with E-state index in [-0.39, 0.29) is 17.6 Å². The van der Waals surface area contributed by atoms with Crippen molar-refractivity contribution in [3.63, 3.8) is 0 Å². The average Bonchev–Trinajstić information content (AvgIpc) is 2.95. The molecule has 0 spiro atoms. The number of hydrogen-bond donors (Lipinski definition) is 2. The van der Waals surface area contributed by atoms with Crippen LogP contribution in [0.4, 0.5) is 0 Å². The minimum Gasteiger partial charge on any atom is -0.508 e. The first-order valence-electron chi connectivity index (χ1n) is 9.49. The molecule has 0 amide bonds. The fraction of sp³-hybridized carbons (Fsp3) is 0.571. The van der Waals surface area contributed by atoms with Crippen molar-refractivity contribution < 1.29 is 19.7 Å². The molecular formula is C21H27NO4. The van der Waals surface area contributed by atoms with E-state index in [0.29, 0.717) is 38.0 Å². The van der Waals surface area contributed by atoms with Crippen molar-refractivity contribution in [2.75, 3.05) is 13.6 Å².